The molecule has 1 aromatic carbocycles. The van der Waals surface area contributed by atoms with E-state index in [2.05, 4.69) is 20.0 Å². The van der Waals surface area contributed by atoms with E-state index in [0.29, 0.717) is 3.72 Å². The van der Waals surface area contributed by atoms with Gasteiger partial charge in [-0.05, 0) is 24.0 Å². The minimum Gasteiger partial charge on any atom is -0.392 e. The number of para-hydroxylation sites is 1. The second-order valence-electron chi connectivity index (χ2n) is 3.71. The molecule has 0 N–H and O–H groups in total. The Bertz CT molecular complexity index is 812. The van der Waals surface area contributed by atoms with Gasteiger partial charge >= 0.3 is 5.88 Å². The maximum Gasteiger partial charge on any atom is 0.434 e. The summed E-state index contributed by atoms with van der Waals surface area (Å²) in [6.45, 7) is 0. The molecule has 7 heteroatoms. The highest BCUT2D eigenvalue weighted by molar-refractivity contribution is 14.2. The molecule has 0 bridgehead atoms. The first-order chi connectivity index (χ1) is 9.72. The van der Waals surface area contributed by atoms with E-state index in [1.54, 1.807) is 0 Å². The molecule has 0 atom stereocenters. The first-order valence-electron chi connectivity index (χ1n) is 5.51. The number of aliphatic imine (C=N–C) groups is 1. The predicted octanol–water partition coefficient (Wildman–Crippen LogP) is 4.07. The molecule has 1 aliphatic heterocycles. The van der Waals surface area contributed by atoms with E-state index in [-0.39, 0.29) is 11.6 Å². The molecular formula is C13H6IN3O3. The van der Waals surface area contributed by atoms with Gasteiger partial charge in [0.15, 0.2) is 9.48 Å². The minimum absolute atomic E-state index is 0.252. The predicted molar refractivity (Wildman–Crippen MR) is 81.9 cm³/mol. The molecule has 98 valence electrons. The van der Waals surface area contributed by atoms with Gasteiger partial charge in [0.25, 0.3) is 0 Å². The fourth-order valence-electron chi connectivity index (χ4n) is 1.50. The van der Waals surface area contributed by atoms with Gasteiger partial charge in [-0.2, -0.15) is 0 Å². The molecule has 20 heavy (non-hydrogen) atoms. The van der Waals surface area contributed by atoms with Crippen molar-refractivity contribution in [1.82, 2.24) is 0 Å². The van der Waals surface area contributed by atoms with Crippen LogP contribution in [-0.2, 0) is 0 Å². The van der Waals surface area contributed by atoms with Gasteiger partial charge in [0.2, 0.25) is 0 Å². The Morgan fingerprint density at radius 3 is 2.70 bits per heavy atom. The van der Waals surface area contributed by atoms with Crippen molar-refractivity contribution < 1.29 is 9.34 Å². The first-order valence-corrected chi connectivity index (χ1v) is 7.56. The Labute approximate surface area is 123 Å². The fraction of sp³-hybridized carbons (Fsp3) is 0. The summed E-state index contributed by atoms with van der Waals surface area (Å²) in [5, 5.41) is 10.5. The van der Waals surface area contributed by atoms with Crippen LogP contribution in [0.15, 0.2) is 49.0 Å². The lowest BCUT2D eigenvalue weighted by atomic mass is 10.3. The van der Waals surface area contributed by atoms with Gasteiger partial charge < -0.3 is 4.42 Å². The van der Waals surface area contributed by atoms with Crippen LogP contribution in [0, 0.1) is 22.0 Å². The SMILES string of the molecule is O=[N+]([O-])c1ccc(C#CC2=Nc3ccccc3N=I2)o1. The highest BCUT2D eigenvalue weighted by Crippen LogP contribution is 2.35. The number of hydrogen-bond acceptors (Lipinski definition) is 5. The summed E-state index contributed by atoms with van der Waals surface area (Å²) in [5.41, 5.74) is 1.69. The van der Waals surface area contributed by atoms with E-state index in [4.69, 9.17) is 4.42 Å². The Hall–Kier alpha value is -2.34. The summed E-state index contributed by atoms with van der Waals surface area (Å²) in [7, 11) is 0. The van der Waals surface area contributed by atoms with Crippen LogP contribution >= 0.6 is 21.0 Å². The topological polar surface area (TPSA) is 81.0 Å². The number of nitrogens with zero attached hydrogens (tertiary/aromatic N) is 3. The first kappa shape index (κ1) is 12.7. The normalized spacial score (nSPS) is 12.5. The number of halogens is 1. The summed E-state index contributed by atoms with van der Waals surface area (Å²) < 4.78 is 10.1. The molecule has 0 amide bonds. The molecule has 2 aromatic rings. The molecular weight excluding hydrogens is 373 g/mol. The van der Waals surface area contributed by atoms with Crippen LogP contribution in [0.1, 0.15) is 5.76 Å². The number of rotatable bonds is 1. The summed E-state index contributed by atoms with van der Waals surface area (Å²) in [6.07, 6.45) is 0. The molecule has 1 aliphatic rings. The van der Waals surface area contributed by atoms with E-state index in [1.807, 2.05) is 24.3 Å². The maximum absolute atomic E-state index is 10.5. The zero-order valence-corrected chi connectivity index (χ0v) is 12.1. The van der Waals surface area contributed by atoms with Crippen molar-refractivity contribution in [2.45, 2.75) is 0 Å². The molecule has 0 radical (unpaired) electrons. The molecule has 0 aliphatic carbocycles. The average Bonchev–Trinajstić information content (AvgIpc) is 2.94. The minimum atomic E-state index is -0.619. The van der Waals surface area contributed by atoms with E-state index in [0.717, 1.165) is 11.4 Å². The second-order valence-corrected chi connectivity index (χ2v) is 5.69. The summed E-state index contributed by atoms with van der Waals surface area (Å²) in [4.78, 5) is 14.3. The fourth-order valence-corrected chi connectivity index (χ4v) is 3.02. The van der Waals surface area contributed by atoms with Crippen molar-refractivity contribution in [3.8, 4) is 11.8 Å². The Morgan fingerprint density at radius 2 is 1.95 bits per heavy atom. The van der Waals surface area contributed by atoms with Crippen LogP contribution in [0.25, 0.3) is 0 Å². The van der Waals surface area contributed by atoms with Crippen molar-refractivity contribution in [2.24, 2.45) is 8.14 Å². The van der Waals surface area contributed by atoms with Crippen molar-refractivity contribution in [2.75, 3.05) is 0 Å². The van der Waals surface area contributed by atoms with E-state index in [1.165, 1.54) is 12.1 Å². The lowest BCUT2D eigenvalue weighted by Gasteiger charge is -2.03. The van der Waals surface area contributed by atoms with Gasteiger partial charge in [-0.3, -0.25) is 10.1 Å². The maximum atomic E-state index is 10.5. The highest BCUT2D eigenvalue weighted by atomic mass is 127. The zero-order valence-electron chi connectivity index (χ0n) is 9.91. The molecule has 0 saturated carbocycles. The molecule has 2 heterocycles. The van der Waals surface area contributed by atoms with Crippen molar-refractivity contribution in [3.05, 3.63) is 52.3 Å². The molecule has 0 saturated heterocycles. The molecule has 6 nitrogen and oxygen atoms in total. The third-order valence-corrected chi connectivity index (χ3v) is 4.10. The number of furan rings is 1. The highest BCUT2D eigenvalue weighted by Gasteiger charge is 2.10. The van der Waals surface area contributed by atoms with Gasteiger partial charge in [0.1, 0.15) is 4.92 Å². The molecule has 3 rings (SSSR count). The Kier molecular flexibility index (Phi) is 3.39. The largest absolute Gasteiger partial charge is 0.434 e. The number of fused-ring (bicyclic) bond motifs is 1. The van der Waals surface area contributed by atoms with Crippen LogP contribution in [0.5, 0.6) is 0 Å². The Balaban J connectivity index is 1.86. The number of hydrogen-bond donors (Lipinski definition) is 0. The standard InChI is InChI=1S/C13H6IN3O3/c18-17(19)13-8-6-9(20-13)5-7-12-14-16-11-4-2-1-3-10(11)15-12/h1-4,6,8H. The third-order valence-electron chi connectivity index (χ3n) is 2.37. The smallest absolute Gasteiger partial charge is 0.392 e. The van der Waals surface area contributed by atoms with E-state index >= 15 is 0 Å². The van der Waals surface area contributed by atoms with Gasteiger partial charge in [-0.15, -0.1) is 0 Å². The van der Waals surface area contributed by atoms with E-state index in [9.17, 15) is 10.1 Å². The van der Waals surface area contributed by atoms with Crippen LogP contribution in [0.2, 0.25) is 0 Å². The molecule has 1 aromatic heterocycles. The van der Waals surface area contributed by atoms with Crippen molar-refractivity contribution >= 4 is 42.0 Å². The number of benzene rings is 1. The van der Waals surface area contributed by atoms with Crippen molar-refractivity contribution in [1.29, 1.82) is 0 Å². The zero-order chi connectivity index (χ0) is 13.9. The third kappa shape index (κ3) is 2.65. The van der Waals surface area contributed by atoms with E-state index < -0.39 is 26.0 Å². The summed E-state index contributed by atoms with van der Waals surface area (Å²) >= 11 is -0.619. The van der Waals surface area contributed by atoms with Crippen molar-refractivity contribution in [3.63, 3.8) is 0 Å². The van der Waals surface area contributed by atoms with Gasteiger partial charge in [-0.25, -0.2) is 8.14 Å². The monoisotopic (exact) mass is 379 g/mol. The van der Waals surface area contributed by atoms with Gasteiger partial charge in [0.05, 0.1) is 38.5 Å². The van der Waals surface area contributed by atoms with Crippen LogP contribution < -0.4 is 0 Å². The molecule has 0 unspecified atom stereocenters. The molecule has 0 fully saturated rings. The van der Waals surface area contributed by atoms with Crippen LogP contribution in [0.4, 0.5) is 17.3 Å². The van der Waals surface area contributed by atoms with Crippen LogP contribution in [0.3, 0.4) is 0 Å². The molecule has 0 spiro atoms. The average molecular weight is 379 g/mol. The number of nitro groups is 1. The lowest BCUT2D eigenvalue weighted by Crippen LogP contribution is -1.84. The quantitative estimate of drug-likeness (QED) is 0.324. The van der Waals surface area contributed by atoms with Gasteiger partial charge in [-0.1, -0.05) is 12.1 Å². The Morgan fingerprint density at radius 1 is 1.15 bits per heavy atom. The second kappa shape index (κ2) is 5.34. The van der Waals surface area contributed by atoms with Crippen LogP contribution in [-0.4, -0.2) is 8.64 Å². The summed E-state index contributed by atoms with van der Waals surface area (Å²) in [6, 6.07) is 10.3. The van der Waals surface area contributed by atoms with Gasteiger partial charge in [0, 0.05) is 6.07 Å². The summed E-state index contributed by atoms with van der Waals surface area (Å²) in [5.74, 6) is 5.54. The lowest BCUT2D eigenvalue weighted by molar-refractivity contribution is -0.402.